The first-order valence-electron chi connectivity index (χ1n) is 7.37. The fourth-order valence-corrected chi connectivity index (χ4v) is 2.78. The summed E-state index contributed by atoms with van der Waals surface area (Å²) in [6, 6.07) is 2.33. The highest BCUT2D eigenvalue weighted by atomic mass is 16.7. The highest BCUT2D eigenvalue weighted by Gasteiger charge is 2.45. The van der Waals surface area contributed by atoms with Crippen molar-refractivity contribution < 1.29 is 9.47 Å². The molecule has 0 amide bonds. The Morgan fingerprint density at radius 2 is 2.11 bits per heavy atom. The minimum Gasteiger partial charge on any atom is -0.347 e. The van der Waals surface area contributed by atoms with E-state index in [1.807, 2.05) is 13.8 Å². The fraction of sp³-hybridized carbons (Fsp3) is 0.812. The lowest BCUT2D eigenvalue weighted by Gasteiger charge is -2.44. The summed E-state index contributed by atoms with van der Waals surface area (Å²) in [4.78, 5) is 0. The zero-order valence-electron chi connectivity index (χ0n) is 12.6. The van der Waals surface area contributed by atoms with Gasteiger partial charge in [-0.05, 0) is 20.3 Å². The van der Waals surface area contributed by atoms with Gasteiger partial charge < -0.3 is 9.47 Å². The number of hydrogen-bond acceptors (Lipinski definition) is 3. The van der Waals surface area contributed by atoms with Crippen molar-refractivity contribution in [1.29, 1.82) is 5.26 Å². The molecule has 1 fully saturated rings. The van der Waals surface area contributed by atoms with E-state index in [1.165, 1.54) is 19.3 Å². The molecule has 0 aromatic carbocycles. The lowest BCUT2D eigenvalue weighted by atomic mass is 9.89. The average molecular weight is 265 g/mol. The third-order valence-corrected chi connectivity index (χ3v) is 3.51. The molecule has 0 unspecified atom stereocenters. The van der Waals surface area contributed by atoms with Gasteiger partial charge in [0.2, 0.25) is 0 Å². The van der Waals surface area contributed by atoms with Crippen molar-refractivity contribution in [3.8, 4) is 6.07 Å². The third-order valence-electron chi connectivity index (χ3n) is 3.51. The Labute approximate surface area is 117 Å². The quantitative estimate of drug-likeness (QED) is 0.508. The largest absolute Gasteiger partial charge is 0.347 e. The molecule has 3 heteroatoms. The molecule has 0 spiro atoms. The van der Waals surface area contributed by atoms with Gasteiger partial charge >= 0.3 is 0 Å². The Balaban J connectivity index is 2.63. The molecule has 0 radical (unpaired) electrons. The normalized spacial score (nSPS) is 29.7. The van der Waals surface area contributed by atoms with Gasteiger partial charge in [-0.3, -0.25) is 0 Å². The Bertz CT molecular complexity index is 332. The molecule has 2 atom stereocenters. The topological polar surface area (TPSA) is 42.2 Å². The highest BCUT2D eigenvalue weighted by Crippen LogP contribution is 2.37. The summed E-state index contributed by atoms with van der Waals surface area (Å²) in [6.45, 7) is 9.72. The number of nitrogens with zero attached hydrogens (tertiary/aromatic N) is 1. The summed E-state index contributed by atoms with van der Waals surface area (Å²) >= 11 is 0. The van der Waals surface area contributed by atoms with Crippen LogP contribution in [0.4, 0.5) is 0 Å². The van der Waals surface area contributed by atoms with Crippen molar-refractivity contribution in [3.05, 3.63) is 12.7 Å². The lowest BCUT2D eigenvalue weighted by molar-refractivity contribution is -0.319. The van der Waals surface area contributed by atoms with Crippen LogP contribution in [0, 0.1) is 11.3 Å². The molecule has 0 N–H and O–H groups in total. The summed E-state index contributed by atoms with van der Waals surface area (Å²) in [5.74, 6) is -0.688. The Kier molecular flexibility index (Phi) is 6.03. The van der Waals surface area contributed by atoms with Crippen LogP contribution in [0.1, 0.15) is 65.7 Å². The van der Waals surface area contributed by atoms with Crippen molar-refractivity contribution >= 4 is 0 Å². The van der Waals surface area contributed by atoms with Gasteiger partial charge in [-0.15, -0.1) is 6.58 Å². The zero-order valence-corrected chi connectivity index (χ0v) is 12.6. The predicted octanol–water partition coefficient (Wildman–Crippen LogP) is 4.34. The maximum absolute atomic E-state index is 9.45. The van der Waals surface area contributed by atoms with Crippen molar-refractivity contribution in [1.82, 2.24) is 0 Å². The van der Waals surface area contributed by atoms with E-state index in [1.54, 1.807) is 6.08 Å². The fourth-order valence-electron chi connectivity index (χ4n) is 2.78. The molecule has 0 aromatic heterocycles. The lowest BCUT2D eigenvalue weighted by Crippen LogP contribution is -2.51. The van der Waals surface area contributed by atoms with Gasteiger partial charge in [-0.25, -0.2) is 0 Å². The minimum atomic E-state index is -0.765. The van der Waals surface area contributed by atoms with Crippen LogP contribution in [-0.2, 0) is 9.47 Å². The summed E-state index contributed by atoms with van der Waals surface area (Å²) in [7, 11) is 0. The first kappa shape index (κ1) is 16.2. The zero-order chi connectivity index (χ0) is 14.4. The van der Waals surface area contributed by atoms with E-state index >= 15 is 0 Å². The van der Waals surface area contributed by atoms with Crippen LogP contribution in [0.3, 0.4) is 0 Å². The van der Waals surface area contributed by atoms with Crippen LogP contribution in [0.15, 0.2) is 12.7 Å². The van der Waals surface area contributed by atoms with Gasteiger partial charge in [0.25, 0.3) is 0 Å². The maximum Gasteiger partial charge on any atom is 0.165 e. The minimum absolute atomic E-state index is 0.111. The van der Waals surface area contributed by atoms with Gasteiger partial charge in [-0.2, -0.15) is 5.26 Å². The Hall–Kier alpha value is -0.850. The van der Waals surface area contributed by atoms with E-state index < -0.39 is 11.4 Å². The summed E-state index contributed by atoms with van der Waals surface area (Å²) in [5.41, 5.74) is -0.765. The standard InChI is InChI=1S/C16H27NO2/c1-5-7-8-9-10-14-12-16(13-17,11-6-2)19-15(3,4)18-14/h6,14H,2,5,7-12H2,1,3-4H3/t14-,16+/m1/s1. The molecule has 1 rings (SSSR count). The smallest absolute Gasteiger partial charge is 0.165 e. The van der Waals surface area contributed by atoms with Crippen LogP contribution < -0.4 is 0 Å². The second-order valence-electron chi connectivity index (χ2n) is 5.89. The molecule has 0 aromatic rings. The number of ether oxygens (including phenoxy) is 2. The molecule has 1 heterocycles. The second-order valence-corrected chi connectivity index (χ2v) is 5.89. The van der Waals surface area contributed by atoms with E-state index in [0.29, 0.717) is 12.8 Å². The predicted molar refractivity (Wildman–Crippen MR) is 76.6 cm³/mol. The summed E-state index contributed by atoms with van der Waals surface area (Å²) in [6.07, 6.45) is 8.98. The first-order valence-corrected chi connectivity index (χ1v) is 7.37. The molecule has 1 aliphatic heterocycles. The third kappa shape index (κ3) is 4.97. The second kappa shape index (κ2) is 7.07. The number of nitriles is 1. The molecule has 19 heavy (non-hydrogen) atoms. The van der Waals surface area contributed by atoms with Gasteiger partial charge in [0.05, 0.1) is 12.2 Å². The highest BCUT2D eigenvalue weighted by molar-refractivity contribution is 5.09. The SMILES string of the molecule is C=CC[C@@]1(C#N)C[C@@H](CCCCCC)OC(C)(C)O1. The van der Waals surface area contributed by atoms with Crippen molar-refractivity contribution in [2.75, 3.05) is 0 Å². The Morgan fingerprint density at radius 1 is 1.37 bits per heavy atom. The van der Waals surface area contributed by atoms with Gasteiger partial charge in [-0.1, -0.05) is 38.7 Å². The average Bonchev–Trinajstić information content (AvgIpc) is 2.33. The van der Waals surface area contributed by atoms with E-state index in [9.17, 15) is 5.26 Å². The van der Waals surface area contributed by atoms with Crippen LogP contribution >= 0.6 is 0 Å². The van der Waals surface area contributed by atoms with Crippen LogP contribution in [0.2, 0.25) is 0 Å². The molecule has 1 aliphatic rings. The van der Waals surface area contributed by atoms with Crippen LogP contribution in [0.25, 0.3) is 0 Å². The molecular formula is C16H27NO2. The molecule has 0 aliphatic carbocycles. The molecule has 0 bridgehead atoms. The van der Waals surface area contributed by atoms with E-state index in [4.69, 9.17) is 9.47 Å². The molecular weight excluding hydrogens is 238 g/mol. The van der Waals surface area contributed by atoms with Crippen molar-refractivity contribution in [2.24, 2.45) is 0 Å². The monoisotopic (exact) mass is 265 g/mol. The van der Waals surface area contributed by atoms with E-state index in [0.717, 1.165) is 12.8 Å². The number of rotatable bonds is 7. The van der Waals surface area contributed by atoms with Crippen LogP contribution in [0.5, 0.6) is 0 Å². The van der Waals surface area contributed by atoms with Gasteiger partial charge in [0.15, 0.2) is 11.4 Å². The number of hydrogen-bond donors (Lipinski definition) is 0. The summed E-state index contributed by atoms with van der Waals surface area (Å²) in [5, 5.41) is 9.45. The van der Waals surface area contributed by atoms with Crippen LogP contribution in [-0.4, -0.2) is 17.5 Å². The van der Waals surface area contributed by atoms with Gasteiger partial charge in [0, 0.05) is 12.8 Å². The Morgan fingerprint density at radius 3 is 2.68 bits per heavy atom. The molecule has 0 saturated carbocycles. The van der Waals surface area contributed by atoms with Crippen molar-refractivity contribution in [3.63, 3.8) is 0 Å². The summed E-state index contributed by atoms with van der Waals surface area (Å²) < 4.78 is 11.8. The molecule has 3 nitrogen and oxygen atoms in total. The van der Waals surface area contributed by atoms with Crippen molar-refractivity contribution in [2.45, 2.75) is 83.2 Å². The first-order chi connectivity index (χ1) is 8.97. The maximum atomic E-state index is 9.45. The van der Waals surface area contributed by atoms with Gasteiger partial charge in [0.1, 0.15) is 0 Å². The van der Waals surface area contributed by atoms with E-state index in [-0.39, 0.29) is 6.10 Å². The number of unbranched alkanes of at least 4 members (excludes halogenated alkanes) is 3. The molecule has 1 saturated heterocycles. The molecule has 108 valence electrons. The van der Waals surface area contributed by atoms with E-state index in [2.05, 4.69) is 19.6 Å².